The highest BCUT2D eigenvalue weighted by Crippen LogP contribution is 2.40. The fraction of sp³-hybridized carbons (Fsp3) is 0.364. The van der Waals surface area contributed by atoms with E-state index < -0.39 is 27.4 Å². The van der Waals surface area contributed by atoms with Crippen LogP contribution in [-0.4, -0.2) is 24.3 Å². The molecule has 1 N–H and O–H groups in total. The van der Waals surface area contributed by atoms with Crippen LogP contribution in [0.25, 0.3) is 0 Å². The van der Waals surface area contributed by atoms with Crippen LogP contribution in [0.5, 0.6) is 0 Å². The summed E-state index contributed by atoms with van der Waals surface area (Å²) in [7, 11) is -5.84. The Morgan fingerprint density at radius 2 is 1.52 bits per heavy atom. The van der Waals surface area contributed by atoms with Gasteiger partial charge < -0.3 is 0 Å². The predicted octanol–water partition coefficient (Wildman–Crippen LogP) is 3.99. The van der Waals surface area contributed by atoms with Crippen molar-refractivity contribution in [3.63, 3.8) is 0 Å². The minimum atomic E-state index is -5.84. The number of ketones is 1. The van der Waals surface area contributed by atoms with Crippen molar-refractivity contribution in [3.05, 3.63) is 33.3 Å². The Morgan fingerprint density at radius 3 is 1.91 bits per heavy atom. The fourth-order valence-electron chi connectivity index (χ4n) is 1.72. The van der Waals surface area contributed by atoms with Crippen LogP contribution in [0.4, 0.5) is 26.3 Å². The van der Waals surface area contributed by atoms with Crippen LogP contribution in [-0.2, 0) is 22.7 Å². The maximum absolute atomic E-state index is 12.5. The zero-order valence-corrected chi connectivity index (χ0v) is 13.2. The van der Waals surface area contributed by atoms with Crippen LogP contribution in [0.15, 0.2) is 16.6 Å². The lowest BCUT2D eigenvalue weighted by Gasteiger charge is -2.11. The van der Waals surface area contributed by atoms with E-state index in [1.165, 1.54) is 6.07 Å². The van der Waals surface area contributed by atoms with E-state index in [0.717, 1.165) is 6.07 Å². The van der Waals surface area contributed by atoms with Crippen molar-refractivity contribution in [1.29, 1.82) is 0 Å². The van der Waals surface area contributed by atoms with Crippen molar-refractivity contribution in [2.45, 2.75) is 24.5 Å². The Labute approximate surface area is 134 Å². The van der Waals surface area contributed by atoms with Gasteiger partial charge in [0, 0.05) is 16.5 Å². The number of hydrogen-bond donors (Lipinski definition) is 1. The molecule has 1 aliphatic carbocycles. The zero-order chi connectivity index (χ0) is 18.2. The van der Waals surface area contributed by atoms with Crippen molar-refractivity contribution in [2.24, 2.45) is 0 Å². The molecule has 0 aliphatic heterocycles. The molecule has 0 unspecified atom stereocenters. The lowest BCUT2D eigenvalue weighted by Crippen LogP contribution is -2.21. The lowest BCUT2D eigenvalue weighted by atomic mass is 10.1. The molecule has 0 atom stereocenters. The highest BCUT2D eigenvalue weighted by Gasteiger charge is 2.44. The molecule has 0 saturated heterocycles. The van der Waals surface area contributed by atoms with E-state index in [1.807, 2.05) is 0 Å². The fourth-order valence-corrected chi connectivity index (χ4v) is 2.49. The van der Waals surface area contributed by atoms with Crippen molar-refractivity contribution in [2.75, 3.05) is 0 Å². The SMILES string of the molecule is O=C1CCc2c1ccc(C(F)(F)F)c2Br.O=S(=O)(O)C(F)(F)F. The number of Topliss-reactive ketones (excluding diaryl/α,β-unsaturated/α-hetero) is 1. The third-order valence-corrected chi connectivity index (χ3v) is 4.23. The third kappa shape index (κ3) is 4.67. The molecule has 0 fully saturated rings. The number of fused-ring (bicyclic) bond motifs is 1. The number of carbonyl (C=O) groups is 1. The summed E-state index contributed by atoms with van der Waals surface area (Å²) >= 11 is 2.92. The molecule has 0 heterocycles. The van der Waals surface area contributed by atoms with Gasteiger partial charge in [-0.15, -0.1) is 0 Å². The summed E-state index contributed by atoms with van der Waals surface area (Å²) in [6.07, 6.45) is -3.69. The molecule has 2 rings (SSSR count). The largest absolute Gasteiger partial charge is 0.522 e. The van der Waals surface area contributed by atoms with Crippen molar-refractivity contribution in [3.8, 4) is 0 Å². The quantitative estimate of drug-likeness (QED) is 0.385. The molecule has 0 aromatic heterocycles. The summed E-state index contributed by atoms with van der Waals surface area (Å²) in [5, 5.41) is 0. The number of benzene rings is 1. The number of alkyl halides is 6. The Balaban J connectivity index is 0.000000284. The number of halogens is 7. The van der Waals surface area contributed by atoms with E-state index in [9.17, 15) is 31.1 Å². The van der Waals surface area contributed by atoms with Gasteiger partial charge in [-0.2, -0.15) is 34.8 Å². The van der Waals surface area contributed by atoms with E-state index in [1.54, 1.807) is 0 Å². The first-order chi connectivity index (χ1) is 10.2. The smallest absolute Gasteiger partial charge is 0.294 e. The van der Waals surface area contributed by atoms with Gasteiger partial charge in [-0.05, 0) is 34.0 Å². The zero-order valence-electron chi connectivity index (χ0n) is 10.8. The summed E-state index contributed by atoms with van der Waals surface area (Å²) < 4.78 is 95.1. The van der Waals surface area contributed by atoms with Gasteiger partial charge in [-0.25, -0.2) is 0 Å². The topological polar surface area (TPSA) is 71.4 Å². The monoisotopic (exact) mass is 428 g/mol. The third-order valence-electron chi connectivity index (χ3n) is 2.74. The molecule has 0 saturated carbocycles. The van der Waals surface area contributed by atoms with E-state index in [4.69, 9.17) is 13.0 Å². The predicted molar refractivity (Wildman–Crippen MR) is 69.4 cm³/mol. The Bertz CT molecular complexity index is 723. The average molecular weight is 429 g/mol. The maximum Gasteiger partial charge on any atom is 0.522 e. The second kappa shape index (κ2) is 6.40. The van der Waals surface area contributed by atoms with Crippen LogP contribution in [0, 0.1) is 0 Å². The minimum Gasteiger partial charge on any atom is -0.294 e. The summed E-state index contributed by atoms with van der Waals surface area (Å²) in [4.78, 5) is 11.3. The van der Waals surface area contributed by atoms with Gasteiger partial charge in [-0.3, -0.25) is 9.35 Å². The minimum absolute atomic E-state index is 0.0124. The van der Waals surface area contributed by atoms with Crippen molar-refractivity contribution in [1.82, 2.24) is 0 Å². The molecule has 0 radical (unpaired) electrons. The van der Waals surface area contributed by atoms with Gasteiger partial charge in [0.1, 0.15) is 0 Å². The molecule has 1 aliphatic rings. The molecular weight excluding hydrogens is 422 g/mol. The van der Waals surface area contributed by atoms with Crippen LogP contribution in [0.1, 0.15) is 27.9 Å². The average Bonchev–Trinajstić information content (AvgIpc) is 2.69. The second-order valence-electron chi connectivity index (χ2n) is 4.29. The summed E-state index contributed by atoms with van der Waals surface area (Å²) in [6, 6.07) is 2.21. The number of rotatable bonds is 0. The van der Waals surface area contributed by atoms with Crippen LogP contribution in [0.2, 0.25) is 0 Å². The Morgan fingerprint density at radius 1 is 1.04 bits per heavy atom. The number of hydrogen-bond acceptors (Lipinski definition) is 3. The molecule has 12 heteroatoms. The van der Waals surface area contributed by atoms with Gasteiger partial charge in [-0.1, -0.05) is 6.07 Å². The highest BCUT2D eigenvalue weighted by atomic mass is 79.9. The second-order valence-corrected chi connectivity index (χ2v) is 6.50. The highest BCUT2D eigenvalue weighted by molar-refractivity contribution is 9.10. The van der Waals surface area contributed by atoms with Crippen molar-refractivity contribution < 1.29 is 44.1 Å². The van der Waals surface area contributed by atoms with E-state index in [0.29, 0.717) is 24.0 Å². The summed E-state index contributed by atoms with van der Waals surface area (Å²) in [5.41, 5.74) is -5.35. The summed E-state index contributed by atoms with van der Waals surface area (Å²) in [6.45, 7) is 0. The molecule has 130 valence electrons. The first-order valence-corrected chi connectivity index (χ1v) is 7.85. The standard InChI is InChI=1S/C10H6BrF3O.CHF3O3S/c11-9-6-2-4-8(15)5(6)1-3-7(9)10(12,13)14;2-1(3,4)8(5,6)7/h1,3H,2,4H2;(H,5,6,7). The summed E-state index contributed by atoms with van der Waals surface area (Å²) in [5.74, 6) is -0.0839. The van der Waals surface area contributed by atoms with Crippen LogP contribution < -0.4 is 0 Å². The molecule has 0 spiro atoms. The van der Waals surface area contributed by atoms with E-state index in [2.05, 4.69) is 15.9 Å². The van der Waals surface area contributed by atoms with E-state index >= 15 is 0 Å². The van der Waals surface area contributed by atoms with Crippen molar-refractivity contribution >= 4 is 31.8 Å². The molecule has 1 aromatic rings. The molecular formula is C11H7BrF6O4S. The Hall–Kier alpha value is -1.14. The lowest BCUT2D eigenvalue weighted by molar-refractivity contribution is -0.138. The molecule has 0 bridgehead atoms. The first kappa shape index (κ1) is 19.9. The molecule has 1 aromatic carbocycles. The van der Waals surface area contributed by atoms with Gasteiger partial charge in [0.2, 0.25) is 0 Å². The number of carbonyl (C=O) groups excluding carboxylic acids is 1. The maximum atomic E-state index is 12.5. The van der Waals surface area contributed by atoms with Gasteiger partial charge in [0.05, 0.1) is 5.56 Å². The van der Waals surface area contributed by atoms with Gasteiger partial charge >= 0.3 is 21.8 Å². The van der Waals surface area contributed by atoms with Gasteiger partial charge in [0.25, 0.3) is 0 Å². The van der Waals surface area contributed by atoms with Crippen LogP contribution in [0.3, 0.4) is 0 Å². The normalized spacial score (nSPS) is 15.0. The van der Waals surface area contributed by atoms with E-state index in [-0.39, 0.29) is 10.3 Å². The van der Waals surface area contributed by atoms with Gasteiger partial charge in [0.15, 0.2) is 5.78 Å². The molecule has 0 amide bonds. The first-order valence-electron chi connectivity index (χ1n) is 5.61. The van der Waals surface area contributed by atoms with Crippen LogP contribution >= 0.6 is 15.9 Å². The molecule has 4 nitrogen and oxygen atoms in total. The molecule has 23 heavy (non-hydrogen) atoms. The Kier molecular flexibility index (Phi) is 5.54.